The summed E-state index contributed by atoms with van der Waals surface area (Å²) in [5, 5.41) is 11.0. The zero-order valence-electron chi connectivity index (χ0n) is 12.0. The molecule has 0 aromatic heterocycles. The molecular weight excluding hydrogens is 220 g/mol. The lowest BCUT2D eigenvalue weighted by atomic mass is 9.71. The van der Waals surface area contributed by atoms with Crippen molar-refractivity contribution in [2.24, 2.45) is 5.92 Å². The number of rotatable bonds is 3. The standard InChI is InChI=1S/C17H26O/c1-4-16-7-5-6-8-17(16,18)12-15-10-13(2)9-14(3)11-15/h9-11,16,18H,4-8,12H2,1-3H3. The van der Waals surface area contributed by atoms with E-state index < -0.39 is 5.60 Å². The number of hydrogen-bond donors (Lipinski definition) is 1. The van der Waals surface area contributed by atoms with Crippen LogP contribution in [0.1, 0.15) is 55.7 Å². The molecule has 1 heteroatoms. The Balaban J connectivity index is 2.19. The molecule has 1 aromatic rings. The van der Waals surface area contributed by atoms with Crippen LogP contribution < -0.4 is 0 Å². The third-order valence-electron chi connectivity index (χ3n) is 4.46. The van der Waals surface area contributed by atoms with E-state index in [0.717, 1.165) is 19.3 Å². The van der Waals surface area contributed by atoms with Gasteiger partial charge in [0, 0.05) is 6.42 Å². The molecule has 0 spiro atoms. The maximum atomic E-state index is 11.0. The van der Waals surface area contributed by atoms with Gasteiger partial charge in [0.15, 0.2) is 0 Å². The van der Waals surface area contributed by atoms with Gasteiger partial charge in [0.2, 0.25) is 0 Å². The number of aliphatic hydroxyl groups is 1. The summed E-state index contributed by atoms with van der Waals surface area (Å²) in [7, 11) is 0. The van der Waals surface area contributed by atoms with Crippen molar-refractivity contribution in [1.29, 1.82) is 0 Å². The van der Waals surface area contributed by atoms with Gasteiger partial charge in [0.25, 0.3) is 0 Å². The van der Waals surface area contributed by atoms with Gasteiger partial charge in [-0.15, -0.1) is 0 Å². The summed E-state index contributed by atoms with van der Waals surface area (Å²) in [6, 6.07) is 6.66. The highest BCUT2D eigenvalue weighted by molar-refractivity contribution is 5.29. The molecule has 1 nitrogen and oxygen atoms in total. The van der Waals surface area contributed by atoms with Crippen LogP contribution in [0.15, 0.2) is 18.2 Å². The van der Waals surface area contributed by atoms with Gasteiger partial charge in [0.1, 0.15) is 0 Å². The monoisotopic (exact) mass is 246 g/mol. The largest absolute Gasteiger partial charge is 0.389 e. The maximum absolute atomic E-state index is 11.0. The van der Waals surface area contributed by atoms with Crippen molar-refractivity contribution < 1.29 is 5.11 Å². The van der Waals surface area contributed by atoms with Crippen molar-refractivity contribution in [1.82, 2.24) is 0 Å². The number of aryl methyl sites for hydroxylation is 2. The Morgan fingerprint density at radius 1 is 1.17 bits per heavy atom. The Labute approximate surface area is 111 Å². The van der Waals surface area contributed by atoms with Crippen LogP contribution in [-0.4, -0.2) is 10.7 Å². The highest BCUT2D eigenvalue weighted by atomic mass is 16.3. The lowest BCUT2D eigenvalue weighted by molar-refractivity contribution is -0.0491. The summed E-state index contributed by atoms with van der Waals surface area (Å²) in [4.78, 5) is 0. The molecule has 0 aliphatic heterocycles. The Hall–Kier alpha value is -0.820. The van der Waals surface area contributed by atoms with Crippen molar-refractivity contribution in [2.45, 2.75) is 64.9 Å². The highest BCUT2D eigenvalue weighted by Gasteiger charge is 2.37. The SMILES string of the molecule is CCC1CCCCC1(O)Cc1cc(C)cc(C)c1. The lowest BCUT2D eigenvalue weighted by Crippen LogP contribution is -2.42. The van der Waals surface area contributed by atoms with Gasteiger partial charge in [-0.05, 0) is 38.2 Å². The molecule has 1 N–H and O–H groups in total. The third kappa shape index (κ3) is 2.95. The van der Waals surface area contributed by atoms with E-state index in [1.807, 2.05) is 0 Å². The zero-order chi connectivity index (χ0) is 13.2. The normalized spacial score (nSPS) is 28.3. The molecule has 0 amide bonds. The molecule has 2 atom stereocenters. The van der Waals surface area contributed by atoms with Gasteiger partial charge in [-0.3, -0.25) is 0 Å². The van der Waals surface area contributed by atoms with E-state index in [9.17, 15) is 5.11 Å². The highest BCUT2D eigenvalue weighted by Crippen LogP contribution is 2.38. The van der Waals surface area contributed by atoms with Gasteiger partial charge in [0.05, 0.1) is 5.60 Å². The molecule has 1 aliphatic carbocycles. The van der Waals surface area contributed by atoms with E-state index in [4.69, 9.17) is 0 Å². The first-order valence-electron chi connectivity index (χ1n) is 7.33. The van der Waals surface area contributed by atoms with Crippen molar-refractivity contribution in [3.63, 3.8) is 0 Å². The van der Waals surface area contributed by atoms with Crippen molar-refractivity contribution >= 4 is 0 Å². The molecule has 1 aliphatic rings. The van der Waals surface area contributed by atoms with Crippen LogP contribution in [0.4, 0.5) is 0 Å². The van der Waals surface area contributed by atoms with E-state index in [-0.39, 0.29) is 0 Å². The van der Waals surface area contributed by atoms with Gasteiger partial charge in [-0.1, -0.05) is 55.5 Å². The van der Waals surface area contributed by atoms with Crippen LogP contribution in [0, 0.1) is 19.8 Å². The Bertz CT molecular complexity index is 390. The second-order valence-electron chi connectivity index (χ2n) is 6.13. The average Bonchev–Trinajstić information content (AvgIpc) is 2.27. The summed E-state index contributed by atoms with van der Waals surface area (Å²) in [6.45, 7) is 6.49. The van der Waals surface area contributed by atoms with E-state index >= 15 is 0 Å². The molecule has 100 valence electrons. The Morgan fingerprint density at radius 2 is 1.83 bits per heavy atom. The predicted molar refractivity (Wildman–Crippen MR) is 76.8 cm³/mol. The van der Waals surface area contributed by atoms with Gasteiger partial charge in [-0.2, -0.15) is 0 Å². The van der Waals surface area contributed by atoms with Gasteiger partial charge >= 0.3 is 0 Å². The first kappa shape index (κ1) is 13.6. The second kappa shape index (κ2) is 5.44. The van der Waals surface area contributed by atoms with E-state index in [2.05, 4.69) is 39.0 Å². The van der Waals surface area contributed by atoms with Crippen molar-refractivity contribution in [2.75, 3.05) is 0 Å². The molecule has 1 saturated carbocycles. The molecule has 0 bridgehead atoms. The smallest absolute Gasteiger partial charge is 0.0715 e. The van der Waals surface area contributed by atoms with Crippen molar-refractivity contribution in [3.05, 3.63) is 34.9 Å². The molecule has 2 rings (SSSR count). The van der Waals surface area contributed by atoms with Crippen LogP contribution in [0.2, 0.25) is 0 Å². The summed E-state index contributed by atoms with van der Waals surface area (Å²) < 4.78 is 0. The first-order valence-corrected chi connectivity index (χ1v) is 7.33. The zero-order valence-corrected chi connectivity index (χ0v) is 12.0. The fraction of sp³-hybridized carbons (Fsp3) is 0.647. The van der Waals surface area contributed by atoms with E-state index in [1.54, 1.807) is 0 Å². The van der Waals surface area contributed by atoms with Crippen LogP contribution >= 0.6 is 0 Å². The van der Waals surface area contributed by atoms with Crippen LogP contribution in [0.5, 0.6) is 0 Å². The first-order chi connectivity index (χ1) is 8.53. The Kier molecular flexibility index (Phi) is 4.11. The molecular formula is C17H26O. The minimum absolute atomic E-state index is 0.465. The van der Waals surface area contributed by atoms with E-state index in [1.165, 1.54) is 36.0 Å². The van der Waals surface area contributed by atoms with Crippen molar-refractivity contribution in [3.8, 4) is 0 Å². The fourth-order valence-electron chi connectivity index (χ4n) is 3.64. The average molecular weight is 246 g/mol. The fourth-order valence-corrected chi connectivity index (χ4v) is 3.64. The summed E-state index contributed by atoms with van der Waals surface area (Å²) >= 11 is 0. The molecule has 0 saturated heterocycles. The Morgan fingerprint density at radius 3 is 2.44 bits per heavy atom. The summed E-state index contributed by atoms with van der Waals surface area (Å²) in [5.74, 6) is 0.479. The topological polar surface area (TPSA) is 20.2 Å². The molecule has 1 fully saturated rings. The third-order valence-corrected chi connectivity index (χ3v) is 4.46. The van der Waals surface area contributed by atoms with Gasteiger partial charge in [-0.25, -0.2) is 0 Å². The lowest BCUT2D eigenvalue weighted by Gasteiger charge is -2.40. The molecule has 2 unspecified atom stereocenters. The minimum atomic E-state index is -0.465. The summed E-state index contributed by atoms with van der Waals surface area (Å²) in [5.41, 5.74) is 3.44. The molecule has 0 heterocycles. The number of hydrogen-bond acceptors (Lipinski definition) is 1. The quantitative estimate of drug-likeness (QED) is 0.848. The van der Waals surface area contributed by atoms with Crippen LogP contribution in [-0.2, 0) is 6.42 Å². The van der Waals surface area contributed by atoms with E-state index in [0.29, 0.717) is 5.92 Å². The van der Waals surface area contributed by atoms with Crippen LogP contribution in [0.25, 0.3) is 0 Å². The summed E-state index contributed by atoms with van der Waals surface area (Å²) in [6.07, 6.45) is 6.55. The van der Waals surface area contributed by atoms with Crippen LogP contribution in [0.3, 0.4) is 0 Å². The number of benzene rings is 1. The second-order valence-corrected chi connectivity index (χ2v) is 6.13. The van der Waals surface area contributed by atoms with Gasteiger partial charge < -0.3 is 5.11 Å². The minimum Gasteiger partial charge on any atom is -0.389 e. The molecule has 0 radical (unpaired) electrons. The maximum Gasteiger partial charge on any atom is 0.0715 e. The molecule has 18 heavy (non-hydrogen) atoms. The molecule has 1 aromatic carbocycles. The predicted octanol–water partition coefficient (Wildman–Crippen LogP) is 4.18.